The molecule has 0 saturated carbocycles. The molecule has 2 aromatic rings. The monoisotopic (exact) mass is 343 g/mol. The highest BCUT2D eigenvalue weighted by atomic mass is 32.1. The first kappa shape index (κ1) is 18.4. The number of nitriles is 1. The molecule has 0 aromatic carbocycles. The molecule has 1 N–H and O–H groups in total. The van der Waals surface area contributed by atoms with Crippen molar-refractivity contribution >= 4 is 32.5 Å². The van der Waals surface area contributed by atoms with Gasteiger partial charge in [-0.15, -0.1) is 0 Å². The van der Waals surface area contributed by atoms with Crippen molar-refractivity contribution in [3.05, 3.63) is 22.4 Å². The van der Waals surface area contributed by atoms with Crippen molar-refractivity contribution in [3.8, 4) is 6.07 Å². The van der Waals surface area contributed by atoms with Gasteiger partial charge in [0.1, 0.15) is 15.9 Å². The Morgan fingerprint density at radius 2 is 2.00 bits per heavy atom. The van der Waals surface area contributed by atoms with Gasteiger partial charge in [0.25, 0.3) is 0 Å². The Balaban J connectivity index is 2.67. The van der Waals surface area contributed by atoms with Crippen LogP contribution in [0.25, 0.3) is 10.2 Å². The number of carbonyl (C=O) groups is 1. The third-order valence-electron chi connectivity index (χ3n) is 4.16. The quantitative estimate of drug-likeness (QED) is 0.851. The Labute approximate surface area is 147 Å². The van der Waals surface area contributed by atoms with E-state index in [1.165, 1.54) is 16.9 Å². The van der Waals surface area contributed by atoms with E-state index in [-0.39, 0.29) is 5.91 Å². The number of hydrogen-bond donors (Lipinski definition) is 1. The largest absolute Gasteiger partial charge is 0.316 e. The van der Waals surface area contributed by atoms with Crippen LogP contribution in [0.2, 0.25) is 0 Å². The third kappa shape index (κ3) is 3.29. The molecule has 1 amide bonds. The maximum absolute atomic E-state index is 12.3. The Morgan fingerprint density at radius 1 is 1.33 bits per heavy atom. The molecule has 128 valence electrons. The number of fused-ring (bicyclic) bond motifs is 1. The molecule has 0 bridgehead atoms. The topological polar surface area (TPSA) is 65.8 Å². The molecular weight excluding hydrogens is 318 g/mol. The maximum Gasteiger partial charge on any atom is 0.230 e. The number of aryl methyl sites for hydroxylation is 2. The predicted molar refractivity (Wildman–Crippen MR) is 101 cm³/mol. The summed E-state index contributed by atoms with van der Waals surface area (Å²) in [5, 5.41) is 14.1. The van der Waals surface area contributed by atoms with Crippen molar-refractivity contribution in [1.82, 2.24) is 4.98 Å². The Bertz CT molecular complexity index is 822. The summed E-state index contributed by atoms with van der Waals surface area (Å²) in [6.07, 6.45) is 2.87. The second-order valence-corrected chi connectivity index (χ2v) is 8.07. The number of thiophene rings is 1. The first-order valence-corrected chi connectivity index (χ1v) is 9.22. The van der Waals surface area contributed by atoms with Gasteiger partial charge in [-0.3, -0.25) is 4.79 Å². The fraction of sp³-hybridized carbons (Fsp3) is 0.526. The van der Waals surface area contributed by atoms with Gasteiger partial charge in [-0.05, 0) is 30.9 Å². The fourth-order valence-corrected chi connectivity index (χ4v) is 3.86. The molecule has 2 rings (SSSR count). The van der Waals surface area contributed by atoms with E-state index in [0.29, 0.717) is 10.6 Å². The van der Waals surface area contributed by atoms with Crippen LogP contribution in [0, 0.1) is 23.7 Å². The van der Waals surface area contributed by atoms with E-state index in [1.54, 1.807) is 0 Å². The molecule has 5 heteroatoms. The normalized spacial score (nSPS) is 11.5. The number of anilines is 1. The summed E-state index contributed by atoms with van der Waals surface area (Å²) in [5.41, 5.74) is 3.50. The van der Waals surface area contributed by atoms with Crippen molar-refractivity contribution < 1.29 is 4.79 Å². The molecule has 0 saturated heterocycles. The molecule has 4 nitrogen and oxygen atoms in total. The lowest BCUT2D eigenvalue weighted by Crippen LogP contribution is -2.27. The van der Waals surface area contributed by atoms with Crippen LogP contribution >= 0.6 is 11.3 Å². The number of carbonyl (C=O) groups excluding carboxylic acids is 1. The lowest BCUT2D eigenvalue weighted by atomic mass is 9.95. The van der Waals surface area contributed by atoms with Crippen molar-refractivity contribution in [2.24, 2.45) is 5.41 Å². The molecule has 0 radical (unpaired) electrons. The standard InChI is InChI=1S/C19H25N3OS/c1-7-9-12-11(3)15-13(10-20)16(22-18(23)19(4,5)6)24-17(15)21-14(12)8-2/h7-9H2,1-6H3,(H,22,23). The van der Waals surface area contributed by atoms with Crippen LogP contribution in [-0.2, 0) is 17.6 Å². The zero-order valence-corrected chi connectivity index (χ0v) is 16.1. The number of hydrogen-bond acceptors (Lipinski definition) is 4. The minimum absolute atomic E-state index is 0.0901. The zero-order chi connectivity index (χ0) is 18.1. The average Bonchev–Trinajstić information content (AvgIpc) is 2.86. The van der Waals surface area contributed by atoms with Crippen LogP contribution in [0.5, 0.6) is 0 Å². The fourth-order valence-electron chi connectivity index (χ4n) is 2.76. The van der Waals surface area contributed by atoms with Gasteiger partial charge in [0.05, 0.1) is 5.56 Å². The minimum atomic E-state index is -0.507. The highest BCUT2D eigenvalue weighted by Gasteiger charge is 2.25. The Hall–Kier alpha value is -1.93. The lowest BCUT2D eigenvalue weighted by Gasteiger charge is -2.16. The molecule has 0 atom stereocenters. The van der Waals surface area contributed by atoms with E-state index >= 15 is 0 Å². The molecule has 0 spiro atoms. The molecule has 0 aliphatic heterocycles. The highest BCUT2D eigenvalue weighted by Crippen LogP contribution is 2.38. The molecule has 2 aromatic heterocycles. The Morgan fingerprint density at radius 3 is 2.50 bits per heavy atom. The summed E-state index contributed by atoms with van der Waals surface area (Å²) < 4.78 is 0. The molecule has 0 aliphatic carbocycles. The second-order valence-electron chi connectivity index (χ2n) is 7.07. The maximum atomic E-state index is 12.3. The number of pyridine rings is 1. The Kier molecular flexibility index (Phi) is 5.29. The predicted octanol–water partition coefficient (Wildman–Crippen LogP) is 4.98. The van der Waals surface area contributed by atoms with Crippen LogP contribution in [0.3, 0.4) is 0 Å². The first-order chi connectivity index (χ1) is 11.2. The van der Waals surface area contributed by atoms with Crippen LogP contribution in [0.4, 0.5) is 5.00 Å². The smallest absolute Gasteiger partial charge is 0.230 e. The minimum Gasteiger partial charge on any atom is -0.316 e. The molecule has 0 unspecified atom stereocenters. The van der Waals surface area contributed by atoms with Gasteiger partial charge in [0.15, 0.2) is 0 Å². The van der Waals surface area contributed by atoms with Gasteiger partial charge in [-0.25, -0.2) is 4.98 Å². The van der Waals surface area contributed by atoms with Crippen molar-refractivity contribution in [2.75, 3.05) is 5.32 Å². The molecule has 2 heterocycles. The average molecular weight is 343 g/mol. The van der Waals surface area contributed by atoms with E-state index in [4.69, 9.17) is 4.98 Å². The summed E-state index contributed by atoms with van der Waals surface area (Å²) >= 11 is 1.40. The van der Waals surface area contributed by atoms with Crippen molar-refractivity contribution in [3.63, 3.8) is 0 Å². The van der Waals surface area contributed by atoms with Crippen LogP contribution in [0.15, 0.2) is 0 Å². The van der Waals surface area contributed by atoms with Crippen LogP contribution < -0.4 is 5.32 Å². The number of rotatable bonds is 4. The summed E-state index contributed by atoms with van der Waals surface area (Å²) in [6.45, 7) is 11.9. The van der Waals surface area contributed by atoms with E-state index in [0.717, 1.165) is 40.7 Å². The SMILES string of the molecule is CCCc1c(CC)nc2sc(NC(=O)C(C)(C)C)c(C#N)c2c1C. The van der Waals surface area contributed by atoms with Gasteiger partial charge < -0.3 is 5.32 Å². The van der Waals surface area contributed by atoms with Crippen LogP contribution in [0.1, 0.15) is 63.4 Å². The second kappa shape index (κ2) is 6.90. The van der Waals surface area contributed by atoms with Gasteiger partial charge in [-0.1, -0.05) is 52.4 Å². The summed E-state index contributed by atoms with van der Waals surface area (Å²) in [7, 11) is 0. The summed E-state index contributed by atoms with van der Waals surface area (Å²) in [4.78, 5) is 17.9. The van der Waals surface area contributed by atoms with Gasteiger partial charge in [0.2, 0.25) is 5.91 Å². The van der Waals surface area contributed by atoms with Crippen molar-refractivity contribution in [1.29, 1.82) is 5.26 Å². The summed E-state index contributed by atoms with van der Waals surface area (Å²) in [5.74, 6) is -0.0901. The number of nitrogens with one attached hydrogen (secondary N) is 1. The van der Waals surface area contributed by atoms with Gasteiger partial charge in [0, 0.05) is 16.5 Å². The van der Waals surface area contributed by atoms with Crippen molar-refractivity contribution in [2.45, 2.75) is 60.8 Å². The van der Waals surface area contributed by atoms with E-state index in [2.05, 4.69) is 32.2 Å². The van der Waals surface area contributed by atoms with Gasteiger partial charge in [-0.2, -0.15) is 5.26 Å². The zero-order valence-electron chi connectivity index (χ0n) is 15.3. The molecule has 0 fully saturated rings. The molecular formula is C19H25N3OS. The van der Waals surface area contributed by atoms with E-state index in [9.17, 15) is 10.1 Å². The summed E-state index contributed by atoms with van der Waals surface area (Å²) in [6, 6.07) is 2.28. The first-order valence-electron chi connectivity index (χ1n) is 8.40. The number of aromatic nitrogens is 1. The molecule has 24 heavy (non-hydrogen) atoms. The third-order valence-corrected chi connectivity index (χ3v) is 5.16. The highest BCUT2D eigenvalue weighted by molar-refractivity contribution is 7.23. The van der Waals surface area contributed by atoms with Crippen LogP contribution in [-0.4, -0.2) is 10.9 Å². The lowest BCUT2D eigenvalue weighted by molar-refractivity contribution is -0.123. The van der Waals surface area contributed by atoms with Gasteiger partial charge >= 0.3 is 0 Å². The molecule has 0 aliphatic rings. The number of amides is 1. The number of nitrogens with zero attached hydrogens (tertiary/aromatic N) is 2. The van der Waals surface area contributed by atoms with E-state index in [1.807, 2.05) is 20.8 Å². The van der Waals surface area contributed by atoms with E-state index < -0.39 is 5.41 Å².